The molecule has 0 unspecified atom stereocenters. The highest BCUT2D eigenvalue weighted by Gasteiger charge is 2.37. The lowest BCUT2D eigenvalue weighted by Crippen LogP contribution is -2.36. The summed E-state index contributed by atoms with van der Waals surface area (Å²) >= 11 is 0. The van der Waals surface area contributed by atoms with E-state index in [4.69, 9.17) is 0 Å². The van der Waals surface area contributed by atoms with Crippen LogP contribution >= 0.6 is 0 Å². The van der Waals surface area contributed by atoms with Gasteiger partial charge in [0, 0.05) is 12.7 Å². The van der Waals surface area contributed by atoms with Crippen LogP contribution in [-0.4, -0.2) is 11.5 Å². The van der Waals surface area contributed by atoms with Gasteiger partial charge in [-0.25, -0.2) is 4.98 Å². The number of alkyl halides is 3. The molecule has 1 aliphatic rings. The van der Waals surface area contributed by atoms with Crippen LogP contribution in [0.1, 0.15) is 38.2 Å². The normalized spacial score (nSPS) is 18.2. The first-order chi connectivity index (χ1) is 8.47. The van der Waals surface area contributed by atoms with Crippen LogP contribution in [0.4, 0.5) is 19.0 Å². The summed E-state index contributed by atoms with van der Waals surface area (Å²) in [5.41, 5.74) is -0.518. The number of pyridine rings is 1. The van der Waals surface area contributed by atoms with Gasteiger partial charge in [-0.2, -0.15) is 13.2 Å². The maximum Gasteiger partial charge on any atom is 0.419 e. The topological polar surface area (TPSA) is 24.9 Å². The highest BCUT2D eigenvalue weighted by molar-refractivity contribution is 5.45. The van der Waals surface area contributed by atoms with Crippen molar-refractivity contribution in [2.45, 2.75) is 38.8 Å². The number of hydrogen-bond acceptors (Lipinski definition) is 2. The maximum atomic E-state index is 12.8. The number of nitrogens with zero attached hydrogens (tertiary/aromatic N) is 1. The first-order valence-electron chi connectivity index (χ1n) is 6.23. The Bertz CT molecular complexity index is 405. The first-order valence-corrected chi connectivity index (χ1v) is 6.23. The molecule has 0 aromatic carbocycles. The summed E-state index contributed by atoms with van der Waals surface area (Å²) in [6.45, 7) is 2.66. The molecular formula is C13H17F3N2. The summed E-state index contributed by atoms with van der Waals surface area (Å²) in [7, 11) is 0. The van der Waals surface area contributed by atoms with Crippen LogP contribution in [0, 0.1) is 5.41 Å². The predicted octanol–water partition coefficient (Wildman–Crippen LogP) is 4.09. The van der Waals surface area contributed by atoms with Crippen molar-refractivity contribution in [1.29, 1.82) is 0 Å². The second kappa shape index (κ2) is 4.78. The Balaban J connectivity index is 2.10. The van der Waals surface area contributed by atoms with E-state index in [1.165, 1.54) is 18.7 Å². The molecule has 0 amide bonds. The van der Waals surface area contributed by atoms with Crippen molar-refractivity contribution in [1.82, 2.24) is 4.98 Å². The fourth-order valence-corrected chi connectivity index (χ4v) is 2.38. The summed E-state index contributed by atoms with van der Waals surface area (Å²) in [5.74, 6) is -0.0512. The zero-order valence-corrected chi connectivity index (χ0v) is 10.3. The van der Waals surface area contributed by atoms with E-state index in [0.29, 0.717) is 6.54 Å². The minimum Gasteiger partial charge on any atom is -0.369 e. The molecule has 1 aromatic heterocycles. The number of rotatable bonds is 4. The van der Waals surface area contributed by atoms with Gasteiger partial charge < -0.3 is 5.32 Å². The van der Waals surface area contributed by atoms with Gasteiger partial charge in [0.1, 0.15) is 5.82 Å². The highest BCUT2D eigenvalue weighted by Crippen LogP contribution is 2.44. The first kappa shape index (κ1) is 13.2. The van der Waals surface area contributed by atoms with Gasteiger partial charge in [-0.3, -0.25) is 0 Å². The van der Waals surface area contributed by atoms with Crippen LogP contribution in [0.25, 0.3) is 0 Å². The van der Waals surface area contributed by atoms with Crippen molar-refractivity contribution in [2.75, 3.05) is 11.9 Å². The van der Waals surface area contributed by atoms with Crippen LogP contribution < -0.4 is 5.32 Å². The van der Waals surface area contributed by atoms with Crippen LogP contribution in [0.2, 0.25) is 0 Å². The van der Waals surface area contributed by atoms with Gasteiger partial charge in [-0.15, -0.1) is 0 Å². The second-order valence-corrected chi connectivity index (χ2v) is 4.96. The third-order valence-corrected chi connectivity index (χ3v) is 3.91. The molecule has 5 heteroatoms. The maximum absolute atomic E-state index is 12.8. The van der Waals surface area contributed by atoms with Crippen molar-refractivity contribution in [2.24, 2.45) is 5.41 Å². The molecule has 0 bridgehead atoms. The average Bonchev–Trinajstić information content (AvgIpc) is 2.27. The van der Waals surface area contributed by atoms with E-state index in [1.807, 2.05) is 0 Å². The number of hydrogen-bond donors (Lipinski definition) is 1. The van der Waals surface area contributed by atoms with Gasteiger partial charge in [0.05, 0.1) is 5.56 Å². The molecule has 1 aliphatic carbocycles. The Morgan fingerprint density at radius 3 is 2.61 bits per heavy atom. The van der Waals surface area contributed by atoms with Crippen molar-refractivity contribution < 1.29 is 13.2 Å². The molecular weight excluding hydrogens is 241 g/mol. The molecule has 0 spiro atoms. The summed E-state index contributed by atoms with van der Waals surface area (Å²) in [5, 5.41) is 2.88. The van der Waals surface area contributed by atoms with Crippen LogP contribution in [0.3, 0.4) is 0 Å². The molecule has 0 radical (unpaired) electrons. The quantitative estimate of drug-likeness (QED) is 0.879. The second-order valence-electron chi connectivity index (χ2n) is 4.96. The molecule has 1 saturated carbocycles. The standard InChI is InChI=1S/C13H17F3N2/c1-2-12(6-4-7-12)9-18-11-10(13(14,15)16)5-3-8-17-11/h3,5,8H,2,4,6-7,9H2,1H3,(H,17,18). The molecule has 1 heterocycles. The van der Waals surface area contributed by atoms with Gasteiger partial charge >= 0.3 is 6.18 Å². The van der Waals surface area contributed by atoms with Gasteiger partial charge in [0.15, 0.2) is 0 Å². The van der Waals surface area contributed by atoms with Gasteiger partial charge in [-0.1, -0.05) is 13.3 Å². The lowest BCUT2D eigenvalue weighted by Gasteiger charge is -2.41. The van der Waals surface area contributed by atoms with Crippen molar-refractivity contribution in [3.8, 4) is 0 Å². The largest absolute Gasteiger partial charge is 0.419 e. The van der Waals surface area contributed by atoms with Gasteiger partial charge in [-0.05, 0) is 36.8 Å². The zero-order chi connectivity index (χ0) is 13.2. The SMILES string of the molecule is CCC1(CNc2ncccc2C(F)(F)F)CCC1. The van der Waals surface area contributed by atoms with Crippen molar-refractivity contribution in [3.63, 3.8) is 0 Å². The highest BCUT2D eigenvalue weighted by atomic mass is 19.4. The smallest absolute Gasteiger partial charge is 0.369 e. The number of anilines is 1. The Morgan fingerprint density at radius 2 is 2.11 bits per heavy atom. The van der Waals surface area contributed by atoms with Gasteiger partial charge in [0.2, 0.25) is 0 Å². The van der Waals surface area contributed by atoms with Crippen LogP contribution in [-0.2, 0) is 6.18 Å². The van der Waals surface area contributed by atoms with E-state index < -0.39 is 11.7 Å². The third kappa shape index (κ3) is 2.60. The minimum atomic E-state index is -4.35. The molecule has 1 N–H and O–H groups in total. The minimum absolute atomic E-state index is 0.0512. The third-order valence-electron chi connectivity index (χ3n) is 3.91. The lowest BCUT2D eigenvalue weighted by atomic mass is 9.67. The molecule has 18 heavy (non-hydrogen) atoms. The average molecular weight is 258 g/mol. The Morgan fingerprint density at radius 1 is 1.39 bits per heavy atom. The van der Waals surface area contributed by atoms with Crippen molar-refractivity contribution >= 4 is 5.82 Å². The van der Waals surface area contributed by atoms with Crippen molar-refractivity contribution in [3.05, 3.63) is 23.9 Å². The van der Waals surface area contributed by atoms with Crippen LogP contribution in [0.5, 0.6) is 0 Å². The van der Waals surface area contributed by atoms with E-state index in [-0.39, 0.29) is 11.2 Å². The summed E-state index contributed by atoms with van der Waals surface area (Å²) in [6.07, 6.45) is 1.37. The zero-order valence-electron chi connectivity index (χ0n) is 10.3. The Kier molecular flexibility index (Phi) is 3.50. The molecule has 100 valence electrons. The number of halogens is 3. The lowest BCUT2D eigenvalue weighted by molar-refractivity contribution is -0.137. The number of aromatic nitrogens is 1. The van der Waals surface area contributed by atoms with E-state index in [9.17, 15) is 13.2 Å². The summed E-state index contributed by atoms with van der Waals surface area (Å²) in [4.78, 5) is 3.81. The van der Waals surface area contributed by atoms with E-state index >= 15 is 0 Å². The molecule has 0 atom stereocenters. The Labute approximate surface area is 105 Å². The van der Waals surface area contributed by atoms with E-state index in [0.717, 1.165) is 25.3 Å². The molecule has 0 aliphatic heterocycles. The molecule has 2 rings (SSSR count). The van der Waals surface area contributed by atoms with Gasteiger partial charge in [0.25, 0.3) is 0 Å². The molecule has 1 fully saturated rings. The molecule has 0 saturated heterocycles. The molecule has 2 nitrogen and oxygen atoms in total. The van der Waals surface area contributed by atoms with Crippen LogP contribution in [0.15, 0.2) is 18.3 Å². The fourth-order valence-electron chi connectivity index (χ4n) is 2.38. The fraction of sp³-hybridized carbons (Fsp3) is 0.615. The van der Waals surface area contributed by atoms with E-state index in [2.05, 4.69) is 17.2 Å². The number of nitrogens with one attached hydrogen (secondary N) is 1. The summed E-state index contributed by atoms with van der Waals surface area (Å²) in [6, 6.07) is 2.38. The summed E-state index contributed by atoms with van der Waals surface area (Å²) < 4.78 is 38.3. The molecule has 1 aromatic rings. The predicted molar refractivity (Wildman–Crippen MR) is 64.3 cm³/mol. The van der Waals surface area contributed by atoms with E-state index in [1.54, 1.807) is 0 Å². The monoisotopic (exact) mass is 258 g/mol. The Hall–Kier alpha value is -1.26.